The van der Waals surface area contributed by atoms with Crippen molar-refractivity contribution in [2.75, 3.05) is 51.3 Å². The van der Waals surface area contributed by atoms with E-state index in [1.165, 1.54) is 30.5 Å². The van der Waals surface area contributed by atoms with Gasteiger partial charge in [-0.25, -0.2) is 4.79 Å². The van der Waals surface area contributed by atoms with Gasteiger partial charge in [-0.05, 0) is 73.7 Å². The zero-order valence-electron chi connectivity index (χ0n) is 31.5. The molecular weight excluding hydrogens is 702 g/mol. The highest BCUT2D eigenvalue weighted by Gasteiger charge is 2.22. The lowest BCUT2D eigenvalue weighted by Gasteiger charge is -2.28. The highest BCUT2D eigenvalue weighted by atomic mass is 16.6. The van der Waals surface area contributed by atoms with Crippen LogP contribution in [0.15, 0.2) is 91.0 Å². The third-order valence-electron chi connectivity index (χ3n) is 9.24. The maximum Gasteiger partial charge on any atom is 0.347 e. The molecule has 0 aromatic heterocycles. The van der Waals surface area contributed by atoms with Gasteiger partial charge >= 0.3 is 5.97 Å². The van der Waals surface area contributed by atoms with Crippen LogP contribution in [0.25, 0.3) is 11.1 Å². The number of benzene rings is 5. The van der Waals surface area contributed by atoms with Gasteiger partial charge in [0, 0.05) is 79.4 Å². The van der Waals surface area contributed by atoms with Crippen LogP contribution >= 0.6 is 0 Å². The van der Waals surface area contributed by atoms with E-state index >= 15 is 0 Å². The minimum absolute atomic E-state index is 0.0127. The van der Waals surface area contributed by atoms with Crippen LogP contribution in [0.4, 0.5) is 34.1 Å². The Balaban J connectivity index is 1.12. The van der Waals surface area contributed by atoms with E-state index in [2.05, 4.69) is 29.4 Å². The summed E-state index contributed by atoms with van der Waals surface area (Å²) in [5.74, 6) is 1.89. The summed E-state index contributed by atoms with van der Waals surface area (Å²) in [6.45, 7) is 6.20. The van der Waals surface area contributed by atoms with Crippen molar-refractivity contribution in [3.8, 4) is 39.9 Å². The van der Waals surface area contributed by atoms with Crippen molar-refractivity contribution in [2.24, 2.45) is 0 Å². The van der Waals surface area contributed by atoms with E-state index in [4.69, 9.17) is 29.4 Å². The van der Waals surface area contributed by atoms with Crippen LogP contribution in [0.2, 0.25) is 0 Å². The number of esters is 1. The van der Waals surface area contributed by atoms with E-state index in [-0.39, 0.29) is 23.7 Å². The Morgan fingerprint density at radius 3 is 2.40 bits per heavy atom. The second kappa shape index (κ2) is 17.7. The van der Waals surface area contributed by atoms with Gasteiger partial charge in [0.05, 0.1) is 30.9 Å². The quantitative estimate of drug-likeness (QED) is 0.0256. The average molecular weight is 750 g/mol. The van der Waals surface area contributed by atoms with Gasteiger partial charge in [-0.3, -0.25) is 20.7 Å². The molecule has 0 bridgehead atoms. The molecule has 1 heterocycles. The number of quaternary nitrogens is 2. The SMILES string of the molecule is CCCOc1cc([NH2+]COc2cc([NH2+]c3cc4c(cc3OCC)N(C)CCC4)ccc2N)ccc1C(=O)Oc1ccc(-c2ccc([N+](=O)[O-])cc2)c(OC)c1. The van der Waals surface area contributed by atoms with Crippen LogP contribution in [0.1, 0.15) is 42.6 Å². The number of hydrogen-bond acceptors (Lipinski definition) is 10. The summed E-state index contributed by atoms with van der Waals surface area (Å²) in [6, 6.07) is 26.4. The molecule has 0 unspecified atom stereocenters. The average Bonchev–Trinajstić information content (AvgIpc) is 3.19. The number of anilines is 2. The lowest BCUT2D eigenvalue weighted by Crippen LogP contribution is -2.79. The van der Waals surface area contributed by atoms with Gasteiger partial charge in [-0.1, -0.05) is 6.92 Å². The lowest BCUT2D eigenvalue weighted by molar-refractivity contribution is -0.601. The Morgan fingerprint density at radius 1 is 0.873 bits per heavy atom. The molecule has 5 aromatic carbocycles. The zero-order valence-corrected chi connectivity index (χ0v) is 31.5. The highest BCUT2D eigenvalue weighted by molar-refractivity contribution is 5.94. The summed E-state index contributed by atoms with van der Waals surface area (Å²) in [6.07, 6.45) is 2.89. The summed E-state index contributed by atoms with van der Waals surface area (Å²) in [5, 5.41) is 15.1. The van der Waals surface area contributed by atoms with E-state index in [1.807, 2.05) is 37.4 Å². The molecule has 1 aliphatic rings. The molecule has 0 aliphatic carbocycles. The van der Waals surface area contributed by atoms with Crippen molar-refractivity contribution in [1.82, 2.24) is 0 Å². The number of nitro benzene ring substituents is 1. The van der Waals surface area contributed by atoms with Crippen LogP contribution in [0.5, 0.6) is 28.7 Å². The highest BCUT2D eigenvalue weighted by Crippen LogP contribution is 2.36. The molecule has 0 radical (unpaired) electrons. The third kappa shape index (κ3) is 9.26. The van der Waals surface area contributed by atoms with E-state index in [0.29, 0.717) is 41.7 Å². The van der Waals surface area contributed by atoms with Crippen molar-refractivity contribution in [1.29, 1.82) is 0 Å². The molecule has 13 nitrogen and oxygen atoms in total. The van der Waals surface area contributed by atoms with E-state index in [9.17, 15) is 14.9 Å². The topological polar surface area (TPSA) is 169 Å². The van der Waals surface area contributed by atoms with Crippen LogP contribution in [-0.2, 0) is 6.42 Å². The molecule has 0 saturated carbocycles. The number of carbonyl (C=O) groups excluding carboxylic acids is 1. The number of nitro groups is 1. The van der Waals surface area contributed by atoms with Crippen molar-refractivity contribution in [3.05, 3.63) is 112 Å². The first-order valence-corrected chi connectivity index (χ1v) is 18.3. The number of methoxy groups -OCH3 is 1. The number of nitrogens with two attached hydrogens (primary N) is 3. The molecule has 6 N–H and O–H groups in total. The number of fused-ring (bicyclic) bond motifs is 1. The maximum absolute atomic E-state index is 13.4. The van der Waals surface area contributed by atoms with Crippen LogP contribution in [0.3, 0.4) is 0 Å². The number of nitrogen functional groups attached to an aromatic ring is 1. The minimum atomic E-state index is -0.599. The molecule has 286 valence electrons. The summed E-state index contributed by atoms with van der Waals surface area (Å²) < 4.78 is 29.5. The number of rotatable bonds is 16. The van der Waals surface area contributed by atoms with E-state index in [1.54, 1.807) is 48.5 Å². The Morgan fingerprint density at radius 2 is 1.65 bits per heavy atom. The second-order valence-corrected chi connectivity index (χ2v) is 13.1. The van der Waals surface area contributed by atoms with Crippen molar-refractivity contribution >= 4 is 40.1 Å². The normalized spacial score (nSPS) is 12.1. The first-order chi connectivity index (χ1) is 26.7. The van der Waals surface area contributed by atoms with Gasteiger partial charge in [-0.2, -0.15) is 0 Å². The van der Waals surface area contributed by atoms with Crippen LogP contribution in [0, 0.1) is 10.1 Å². The molecule has 13 heteroatoms. The molecule has 6 rings (SSSR count). The monoisotopic (exact) mass is 749 g/mol. The summed E-state index contributed by atoms with van der Waals surface area (Å²) in [7, 11) is 3.62. The van der Waals surface area contributed by atoms with E-state index in [0.717, 1.165) is 54.2 Å². The number of carbonyl (C=O) groups is 1. The molecule has 1 aliphatic heterocycles. The Bertz CT molecular complexity index is 2160. The third-order valence-corrected chi connectivity index (χ3v) is 9.24. The molecule has 0 saturated heterocycles. The smallest absolute Gasteiger partial charge is 0.347 e. The van der Waals surface area contributed by atoms with E-state index < -0.39 is 10.9 Å². The Hall–Kier alpha value is -6.31. The summed E-state index contributed by atoms with van der Waals surface area (Å²) in [5.41, 5.74) is 13.8. The predicted octanol–water partition coefficient (Wildman–Crippen LogP) is 6.40. The minimum Gasteiger partial charge on any atom is -0.496 e. The molecule has 0 fully saturated rings. The molecule has 0 spiro atoms. The van der Waals surface area contributed by atoms with Gasteiger partial charge in [0.25, 0.3) is 5.69 Å². The number of non-ortho nitro benzene ring substituents is 1. The Labute approximate surface area is 320 Å². The van der Waals surface area contributed by atoms with Gasteiger partial charge in [0.15, 0.2) is 17.2 Å². The molecule has 0 atom stereocenters. The molecule has 55 heavy (non-hydrogen) atoms. The molecule has 0 amide bonds. The largest absolute Gasteiger partial charge is 0.496 e. The van der Waals surface area contributed by atoms with Crippen LogP contribution < -0.4 is 45.0 Å². The molecular formula is C42H47N5O8+2. The standard InChI is InChI=1S/C42H45N5O8/c1-5-20-53-39-22-29(11-16-34(39)42(48)55-32-15-17-33(38(24-32)51-4)27-9-13-31(14-10-27)47(49)50)44-26-54-40-23-30(12-18-35(40)43)45-36-21-28-8-7-19-46(3)37(28)25-41(36)52-6-2/h9-18,21-25,44-45H,5-8,19-20,26,43H2,1-4H3/p+2. The number of nitrogens with zero attached hydrogens (tertiary/aromatic N) is 2. The number of aryl methyl sites for hydroxylation is 1. The first kappa shape index (κ1) is 38.4. The molecule has 5 aromatic rings. The van der Waals surface area contributed by atoms with Gasteiger partial charge < -0.3 is 34.3 Å². The second-order valence-electron chi connectivity index (χ2n) is 13.1. The maximum atomic E-state index is 13.4. The van der Waals surface area contributed by atoms with Crippen LogP contribution in [-0.4, -0.2) is 51.5 Å². The summed E-state index contributed by atoms with van der Waals surface area (Å²) in [4.78, 5) is 26.3. The van der Waals surface area contributed by atoms with Gasteiger partial charge in [0.2, 0.25) is 6.73 Å². The van der Waals surface area contributed by atoms with Crippen molar-refractivity contribution in [2.45, 2.75) is 33.1 Å². The number of ether oxygens (including phenoxy) is 5. The van der Waals surface area contributed by atoms with Crippen molar-refractivity contribution < 1.29 is 44.0 Å². The van der Waals surface area contributed by atoms with Gasteiger partial charge in [0.1, 0.15) is 34.2 Å². The van der Waals surface area contributed by atoms with Crippen molar-refractivity contribution in [3.63, 3.8) is 0 Å². The zero-order chi connectivity index (χ0) is 38.9. The fourth-order valence-electron chi connectivity index (χ4n) is 6.45. The van der Waals surface area contributed by atoms with Gasteiger partial charge in [-0.15, -0.1) is 0 Å². The lowest BCUT2D eigenvalue weighted by atomic mass is 10.0. The summed E-state index contributed by atoms with van der Waals surface area (Å²) >= 11 is 0. The first-order valence-electron chi connectivity index (χ1n) is 18.3. The fourth-order valence-corrected chi connectivity index (χ4v) is 6.45. The fraction of sp³-hybridized carbons (Fsp3) is 0.262. The Kier molecular flexibility index (Phi) is 12.3. The predicted molar refractivity (Wildman–Crippen MR) is 211 cm³/mol. The number of hydrogen-bond donors (Lipinski definition) is 3.